The molecule has 1 fully saturated rings. The lowest BCUT2D eigenvalue weighted by Crippen LogP contribution is -2.34. The summed E-state index contributed by atoms with van der Waals surface area (Å²) in [7, 11) is 0. The second-order valence-electron chi connectivity index (χ2n) is 5.57. The highest BCUT2D eigenvalue weighted by Gasteiger charge is 2.37. The van der Waals surface area contributed by atoms with Crippen molar-refractivity contribution in [2.45, 2.75) is 31.9 Å². The van der Waals surface area contributed by atoms with Gasteiger partial charge in [-0.3, -0.25) is 9.69 Å². The number of halogens is 1. The third-order valence-electron chi connectivity index (χ3n) is 3.62. The number of carbonyl (C=O) groups is 1. The summed E-state index contributed by atoms with van der Waals surface area (Å²) in [5.74, 6) is 0.243. The summed E-state index contributed by atoms with van der Waals surface area (Å²) in [6, 6.07) is 6.02. The summed E-state index contributed by atoms with van der Waals surface area (Å²) < 4.78 is 18.9. The highest BCUT2D eigenvalue weighted by Crippen LogP contribution is 2.32. The fourth-order valence-corrected chi connectivity index (χ4v) is 3.58. The SMILES string of the molecule is C=CO/C(=C\CC)CN1C(=O)C(C/C=C\C)SC1=Nc1cccc(F)c1. The van der Waals surface area contributed by atoms with Gasteiger partial charge in [-0.05, 0) is 44.0 Å². The smallest absolute Gasteiger partial charge is 0.242 e. The van der Waals surface area contributed by atoms with E-state index < -0.39 is 0 Å². The highest BCUT2D eigenvalue weighted by atomic mass is 32.2. The van der Waals surface area contributed by atoms with Crippen LogP contribution >= 0.6 is 11.8 Å². The standard InChI is InChI=1S/C20H23FN2O2S/c1-4-7-12-18-19(24)23(14-17(9-5-2)25-6-3)20(26-18)22-16-11-8-10-15(21)13-16/h4,6-11,13,18H,3,5,12,14H2,1-2H3/b7-4-,17-9-,22-20?. The van der Waals surface area contributed by atoms with Crippen LogP contribution in [-0.2, 0) is 9.53 Å². The Balaban J connectivity index is 2.33. The summed E-state index contributed by atoms with van der Waals surface area (Å²) in [6.07, 6.45) is 8.52. The van der Waals surface area contributed by atoms with Crippen LogP contribution < -0.4 is 0 Å². The van der Waals surface area contributed by atoms with E-state index >= 15 is 0 Å². The summed E-state index contributed by atoms with van der Waals surface area (Å²) in [4.78, 5) is 18.9. The predicted octanol–water partition coefficient (Wildman–Crippen LogP) is 5.18. The zero-order valence-corrected chi connectivity index (χ0v) is 15.8. The average Bonchev–Trinajstić information content (AvgIpc) is 2.89. The number of hydrogen-bond acceptors (Lipinski definition) is 4. The molecule has 0 radical (unpaired) electrons. The van der Waals surface area contributed by atoms with E-state index in [-0.39, 0.29) is 23.5 Å². The second-order valence-corrected chi connectivity index (χ2v) is 6.74. The average molecular weight is 374 g/mol. The number of amides is 1. The molecule has 0 saturated carbocycles. The lowest BCUT2D eigenvalue weighted by atomic mass is 10.2. The number of nitrogens with zero attached hydrogens (tertiary/aromatic N) is 2. The van der Waals surface area contributed by atoms with E-state index in [1.807, 2.05) is 32.1 Å². The van der Waals surface area contributed by atoms with Gasteiger partial charge >= 0.3 is 0 Å². The number of hydrogen-bond donors (Lipinski definition) is 0. The molecule has 1 saturated heterocycles. The van der Waals surface area contributed by atoms with Crippen molar-refractivity contribution in [3.05, 3.63) is 66.9 Å². The van der Waals surface area contributed by atoms with Gasteiger partial charge in [-0.25, -0.2) is 9.38 Å². The van der Waals surface area contributed by atoms with Gasteiger partial charge in [0, 0.05) is 0 Å². The van der Waals surface area contributed by atoms with Crippen LogP contribution in [0.4, 0.5) is 10.1 Å². The minimum atomic E-state index is -0.361. The van der Waals surface area contributed by atoms with Crippen LogP contribution in [0.25, 0.3) is 0 Å². The number of ether oxygens (including phenoxy) is 1. The molecule has 1 aromatic carbocycles. The first-order valence-electron chi connectivity index (χ1n) is 8.49. The molecule has 0 bridgehead atoms. The van der Waals surface area contributed by atoms with Crippen LogP contribution in [-0.4, -0.2) is 27.8 Å². The van der Waals surface area contributed by atoms with E-state index in [1.165, 1.54) is 30.2 Å². The number of carbonyl (C=O) groups excluding carboxylic acids is 1. The molecular weight excluding hydrogens is 351 g/mol. The lowest BCUT2D eigenvalue weighted by molar-refractivity contribution is -0.126. The quantitative estimate of drug-likeness (QED) is 0.465. The van der Waals surface area contributed by atoms with Gasteiger partial charge in [0.15, 0.2) is 5.17 Å². The Morgan fingerprint density at radius 3 is 2.96 bits per heavy atom. The van der Waals surface area contributed by atoms with E-state index in [0.29, 0.717) is 23.0 Å². The van der Waals surface area contributed by atoms with Gasteiger partial charge in [0.05, 0.1) is 23.7 Å². The van der Waals surface area contributed by atoms with Gasteiger partial charge in [0.25, 0.3) is 0 Å². The Morgan fingerprint density at radius 2 is 2.31 bits per heavy atom. The molecule has 138 valence electrons. The van der Waals surface area contributed by atoms with Crippen LogP contribution in [0.15, 0.2) is 66.1 Å². The van der Waals surface area contributed by atoms with E-state index in [2.05, 4.69) is 11.6 Å². The molecule has 1 heterocycles. The van der Waals surface area contributed by atoms with Gasteiger partial charge in [-0.2, -0.15) is 0 Å². The molecular formula is C20H23FN2O2S. The summed E-state index contributed by atoms with van der Waals surface area (Å²) in [5, 5.41) is 0.301. The first-order chi connectivity index (χ1) is 12.6. The van der Waals surface area contributed by atoms with Crippen LogP contribution in [0.3, 0.4) is 0 Å². The molecule has 26 heavy (non-hydrogen) atoms. The van der Waals surface area contributed by atoms with Crippen LogP contribution in [0.2, 0.25) is 0 Å². The normalized spacial score (nSPS) is 19.6. The van der Waals surface area contributed by atoms with Gasteiger partial charge in [-0.1, -0.05) is 43.5 Å². The zero-order valence-electron chi connectivity index (χ0n) is 15.0. The number of allylic oxidation sites excluding steroid dienone is 3. The molecule has 1 aliphatic rings. The van der Waals surface area contributed by atoms with E-state index in [1.54, 1.807) is 17.0 Å². The molecule has 1 aromatic rings. The Bertz CT molecular complexity index is 743. The molecule has 1 amide bonds. The first kappa shape index (κ1) is 20.0. The van der Waals surface area contributed by atoms with Crippen molar-refractivity contribution >= 4 is 28.5 Å². The fourth-order valence-electron chi connectivity index (χ4n) is 2.45. The number of amidine groups is 1. The number of rotatable bonds is 8. The van der Waals surface area contributed by atoms with Gasteiger partial charge < -0.3 is 4.74 Å². The molecule has 2 rings (SSSR count). The van der Waals surface area contributed by atoms with Crippen molar-refractivity contribution in [1.29, 1.82) is 0 Å². The van der Waals surface area contributed by atoms with Crippen molar-refractivity contribution in [3.8, 4) is 0 Å². The molecule has 6 heteroatoms. The Hall–Kier alpha value is -2.34. The van der Waals surface area contributed by atoms with Gasteiger partial charge in [-0.15, -0.1) is 0 Å². The topological polar surface area (TPSA) is 41.9 Å². The van der Waals surface area contributed by atoms with Crippen molar-refractivity contribution < 1.29 is 13.9 Å². The van der Waals surface area contributed by atoms with Crippen LogP contribution in [0, 0.1) is 5.82 Å². The molecule has 0 aliphatic carbocycles. The van der Waals surface area contributed by atoms with Gasteiger partial charge in [0.1, 0.15) is 11.6 Å². The third kappa shape index (κ3) is 5.33. The van der Waals surface area contributed by atoms with Crippen molar-refractivity contribution in [3.63, 3.8) is 0 Å². The minimum Gasteiger partial charge on any atom is -0.468 e. The Labute approximate surface area is 158 Å². The third-order valence-corrected chi connectivity index (χ3v) is 4.82. The summed E-state index contributed by atoms with van der Waals surface area (Å²) >= 11 is 1.39. The maximum atomic E-state index is 13.5. The largest absolute Gasteiger partial charge is 0.468 e. The lowest BCUT2D eigenvalue weighted by Gasteiger charge is -2.18. The predicted molar refractivity (Wildman–Crippen MR) is 106 cm³/mol. The van der Waals surface area contributed by atoms with E-state index in [9.17, 15) is 9.18 Å². The Morgan fingerprint density at radius 1 is 1.50 bits per heavy atom. The highest BCUT2D eigenvalue weighted by molar-refractivity contribution is 8.15. The molecule has 4 nitrogen and oxygen atoms in total. The molecule has 0 N–H and O–H groups in total. The Kier molecular flexibility index (Phi) is 7.66. The molecule has 1 aliphatic heterocycles. The minimum absolute atomic E-state index is 0.0297. The molecule has 0 aromatic heterocycles. The molecule has 1 unspecified atom stereocenters. The van der Waals surface area contributed by atoms with Crippen molar-refractivity contribution in [1.82, 2.24) is 4.90 Å². The van der Waals surface area contributed by atoms with Crippen LogP contribution in [0.1, 0.15) is 26.7 Å². The molecule has 0 spiro atoms. The van der Waals surface area contributed by atoms with E-state index in [0.717, 1.165) is 6.42 Å². The number of thioether (sulfide) groups is 1. The van der Waals surface area contributed by atoms with Crippen LogP contribution in [0.5, 0.6) is 0 Å². The number of aliphatic imine (C=N–C) groups is 1. The van der Waals surface area contributed by atoms with Crippen molar-refractivity contribution in [2.75, 3.05) is 6.54 Å². The maximum absolute atomic E-state index is 13.5. The second kappa shape index (κ2) is 9.97. The molecule has 1 atom stereocenters. The summed E-state index contributed by atoms with van der Waals surface area (Å²) in [6.45, 7) is 7.76. The maximum Gasteiger partial charge on any atom is 0.242 e. The van der Waals surface area contributed by atoms with Crippen molar-refractivity contribution in [2.24, 2.45) is 4.99 Å². The summed E-state index contributed by atoms with van der Waals surface area (Å²) in [5.41, 5.74) is 0.475. The monoisotopic (exact) mass is 374 g/mol. The van der Waals surface area contributed by atoms with E-state index in [4.69, 9.17) is 4.74 Å². The fraction of sp³-hybridized carbons (Fsp3) is 0.300. The van der Waals surface area contributed by atoms with Gasteiger partial charge in [0.2, 0.25) is 5.91 Å². The number of benzene rings is 1. The first-order valence-corrected chi connectivity index (χ1v) is 9.37. The zero-order chi connectivity index (χ0) is 18.9.